The summed E-state index contributed by atoms with van der Waals surface area (Å²) in [5.74, 6) is -4.39. The van der Waals surface area contributed by atoms with E-state index in [-0.39, 0.29) is 24.2 Å². The van der Waals surface area contributed by atoms with Crippen LogP contribution < -0.4 is 5.32 Å². The van der Waals surface area contributed by atoms with Gasteiger partial charge in [-0.3, -0.25) is 4.79 Å². The van der Waals surface area contributed by atoms with E-state index in [1.165, 1.54) is 6.92 Å². The molecule has 1 aliphatic heterocycles. The minimum Gasteiger partial charge on any atom is -0.456 e. The Bertz CT molecular complexity index is 1980. The number of carbonyl (C=O) groups is 4. The first kappa shape index (κ1) is 40.8. The van der Waals surface area contributed by atoms with Crippen molar-refractivity contribution in [2.24, 2.45) is 22.7 Å². The van der Waals surface area contributed by atoms with E-state index in [0.717, 1.165) is 0 Å². The average molecular weight is 792 g/mol. The lowest BCUT2D eigenvalue weighted by molar-refractivity contribution is -0.326. The molecule has 2 bridgehead atoms. The standard InChI is InChI=1S/C43H53NO13/c1-22-26(54-36(49)31(46)30(24-15-11-9-12-16-24)44-37(50)57-38(3,4)5)20-42(51)34(55-35(48)25-17-13-10-14-18-25)32-40(8)27(19-28-41(32,21-53-28)56-23(2)45)43(40,52)33(47)29(22)39(42,6)7/h9-18,26-28,30-34,46-47,51-52H,19-21H2,1-8H3,(H,44,50)/t26-,27+,28+,30-,31+,32+,33+,34-,40+,41-,42+,43+/m0/s1. The second-order valence-electron chi connectivity index (χ2n) is 18.1. The van der Waals surface area contributed by atoms with Gasteiger partial charge in [0.05, 0.1) is 24.1 Å². The number of nitrogens with one attached hydrogen (secondary N) is 1. The molecule has 1 heterocycles. The van der Waals surface area contributed by atoms with Crippen LogP contribution in [0.4, 0.5) is 4.79 Å². The number of amides is 1. The molecule has 0 aromatic heterocycles. The van der Waals surface area contributed by atoms with Crippen molar-refractivity contribution >= 4 is 24.0 Å². The second-order valence-corrected chi connectivity index (χ2v) is 18.1. The third-order valence-electron chi connectivity index (χ3n) is 13.6. The predicted octanol–water partition coefficient (Wildman–Crippen LogP) is 3.69. The lowest BCUT2D eigenvalue weighted by Gasteiger charge is -2.63. The van der Waals surface area contributed by atoms with Gasteiger partial charge in [-0.15, -0.1) is 0 Å². The van der Waals surface area contributed by atoms with E-state index < -0.39 is 112 Å². The number of aliphatic hydroxyl groups is 4. The number of hydrogen-bond donors (Lipinski definition) is 5. The summed E-state index contributed by atoms with van der Waals surface area (Å²) >= 11 is 0. The van der Waals surface area contributed by atoms with Gasteiger partial charge in [0.1, 0.15) is 41.2 Å². The van der Waals surface area contributed by atoms with E-state index in [2.05, 4.69) is 5.32 Å². The van der Waals surface area contributed by atoms with Crippen LogP contribution >= 0.6 is 0 Å². The van der Waals surface area contributed by atoms with Crippen molar-refractivity contribution in [2.75, 3.05) is 6.61 Å². The number of alkyl carbamates (subject to hydrolysis) is 1. The highest BCUT2D eigenvalue weighted by Gasteiger charge is 2.91. The largest absolute Gasteiger partial charge is 0.456 e. The molecule has 4 fully saturated rings. The van der Waals surface area contributed by atoms with Gasteiger partial charge in [0.25, 0.3) is 0 Å². The summed E-state index contributed by atoms with van der Waals surface area (Å²) in [5.41, 5.74) is -8.15. The summed E-state index contributed by atoms with van der Waals surface area (Å²) < 4.78 is 30.0. The van der Waals surface area contributed by atoms with Crippen molar-refractivity contribution in [3.05, 3.63) is 82.9 Å². The third-order valence-corrected chi connectivity index (χ3v) is 13.6. The fourth-order valence-electron chi connectivity index (χ4n) is 10.7. The van der Waals surface area contributed by atoms with Gasteiger partial charge >= 0.3 is 24.0 Å². The van der Waals surface area contributed by atoms with E-state index in [4.69, 9.17) is 23.7 Å². The molecule has 1 amide bonds. The highest BCUT2D eigenvalue weighted by atomic mass is 16.6. The number of carbonyl (C=O) groups excluding carboxylic acids is 4. The molecular weight excluding hydrogens is 738 g/mol. The molecule has 0 radical (unpaired) electrons. The Morgan fingerprint density at radius 1 is 0.947 bits per heavy atom. The first-order valence-corrected chi connectivity index (χ1v) is 19.4. The summed E-state index contributed by atoms with van der Waals surface area (Å²) in [5, 5.41) is 52.9. The van der Waals surface area contributed by atoms with E-state index >= 15 is 0 Å². The number of benzene rings is 2. The molecule has 14 heteroatoms. The molecular formula is C43H53NO13. The fourth-order valence-corrected chi connectivity index (χ4v) is 10.7. The zero-order chi connectivity index (χ0) is 41.7. The number of esters is 3. The smallest absolute Gasteiger partial charge is 0.408 e. The molecule has 4 aliphatic carbocycles. The van der Waals surface area contributed by atoms with Gasteiger partial charge in [0.15, 0.2) is 11.7 Å². The molecule has 0 unspecified atom stereocenters. The van der Waals surface area contributed by atoms with Crippen LogP contribution in [0.25, 0.3) is 0 Å². The molecule has 7 rings (SSSR count). The molecule has 2 aromatic rings. The number of hydrogen-bond acceptors (Lipinski definition) is 13. The summed E-state index contributed by atoms with van der Waals surface area (Å²) in [4.78, 5) is 54.0. The first-order chi connectivity index (χ1) is 26.5. The van der Waals surface area contributed by atoms with E-state index in [9.17, 15) is 39.6 Å². The normalized spacial score (nSPS) is 37.0. The topological polar surface area (TPSA) is 207 Å². The van der Waals surface area contributed by atoms with E-state index in [1.54, 1.807) is 109 Å². The number of aliphatic hydroxyl groups excluding tert-OH is 2. The highest BCUT2D eigenvalue weighted by Crippen LogP contribution is 2.80. The number of fused-ring (bicyclic) bond motifs is 5. The van der Waals surface area contributed by atoms with Crippen molar-refractivity contribution in [3.8, 4) is 0 Å². The second kappa shape index (κ2) is 13.6. The van der Waals surface area contributed by atoms with Crippen LogP contribution in [0.3, 0.4) is 0 Å². The Morgan fingerprint density at radius 3 is 2.12 bits per heavy atom. The molecule has 3 saturated carbocycles. The minimum atomic E-state index is -2.18. The molecule has 12 atom stereocenters. The molecule has 14 nitrogen and oxygen atoms in total. The average Bonchev–Trinajstić information content (AvgIpc) is 3.63. The Balaban J connectivity index is 1.33. The number of rotatable bonds is 8. The SMILES string of the molecule is CC(=O)O[C@@]12CO[C@@H]1C[C@@H]1[C@]3(C)[C@H]2[C@H](OC(=O)c2ccccc2)[C@]2(O)C[C@H](OC(=O)[C@H](O)[C@@H](NC(=O)OC(C)(C)C)c4ccccc4)C(C)=C([C@@H](O)[C@]13O)C2(C)C. The van der Waals surface area contributed by atoms with Crippen molar-refractivity contribution in [1.82, 2.24) is 5.32 Å². The van der Waals surface area contributed by atoms with Crippen LogP contribution in [0.15, 0.2) is 71.8 Å². The van der Waals surface area contributed by atoms with Gasteiger partial charge in [0.2, 0.25) is 0 Å². The maximum atomic E-state index is 14.1. The molecule has 1 saturated heterocycles. The van der Waals surface area contributed by atoms with Crippen LogP contribution in [0, 0.1) is 22.7 Å². The Morgan fingerprint density at radius 2 is 1.56 bits per heavy atom. The molecule has 5 N–H and O–H groups in total. The van der Waals surface area contributed by atoms with Crippen LogP contribution in [0.2, 0.25) is 0 Å². The van der Waals surface area contributed by atoms with Gasteiger partial charge in [-0.2, -0.15) is 0 Å². The quantitative estimate of drug-likeness (QED) is 0.147. The zero-order valence-electron chi connectivity index (χ0n) is 33.5. The van der Waals surface area contributed by atoms with Crippen molar-refractivity contribution in [2.45, 2.75) is 127 Å². The summed E-state index contributed by atoms with van der Waals surface area (Å²) in [6, 6.07) is 15.1. The third kappa shape index (κ3) is 6.09. The van der Waals surface area contributed by atoms with Gasteiger partial charge in [-0.25, -0.2) is 14.4 Å². The van der Waals surface area contributed by atoms with Crippen molar-refractivity contribution < 1.29 is 63.3 Å². The molecule has 0 spiro atoms. The molecule has 2 aromatic carbocycles. The van der Waals surface area contributed by atoms with E-state index in [1.807, 2.05) is 0 Å². The lowest BCUT2D eigenvalue weighted by atomic mass is 9.50. The van der Waals surface area contributed by atoms with Gasteiger partial charge in [-0.1, -0.05) is 69.3 Å². The first-order valence-electron chi connectivity index (χ1n) is 19.4. The van der Waals surface area contributed by atoms with Crippen LogP contribution in [-0.2, 0) is 33.3 Å². The van der Waals surface area contributed by atoms with Crippen molar-refractivity contribution in [1.29, 1.82) is 0 Å². The monoisotopic (exact) mass is 791 g/mol. The Hall–Kier alpha value is -4.34. The van der Waals surface area contributed by atoms with Crippen LogP contribution in [-0.4, -0.2) is 104 Å². The molecule has 57 heavy (non-hydrogen) atoms. The van der Waals surface area contributed by atoms with Crippen molar-refractivity contribution in [3.63, 3.8) is 0 Å². The minimum absolute atomic E-state index is 0.121. The zero-order valence-corrected chi connectivity index (χ0v) is 33.5. The van der Waals surface area contributed by atoms with Gasteiger partial charge < -0.3 is 49.4 Å². The highest BCUT2D eigenvalue weighted by molar-refractivity contribution is 5.89. The van der Waals surface area contributed by atoms with E-state index in [0.29, 0.717) is 11.1 Å². The molecule has 308 valence electrons. The summed E-state index contributed by atoms with van der Waals surface area (Å²) in [6.45, 7) is 12.8. The molecule has 5 aliphatic rings. The number of ether oxygens (including phenoxy) is 5. The maximum Gasteiger partial charge on any atom is 0.408 e. The summed E-state index contributed by atoms with van der Waals surface area (Å²) in [7, 11) is 0. The van der Waals surface area contributed by atoms with Crippen LogP contribution in [0.1, 0.15) is 90.2 Å². The Kier molecular flexibility index (Phi) is 9.76. The summed E-state index contributed by atoms with van der Waals surface area (Å²) in [6.07, 6.45) is -8.36. The maximum absolute atomic E-state index is 14.1. The lowest BCUT2D eigenvalue weighted by Crippen LogP contribution is -2.76. The van der Waals surface area contributed by atoms with Gasteiger partial charge in [-0.05, 0) is 63.0 Å². The Labute approximate surface area is 331 Å². The predicted molar refractivity (Wildman–Crippen MR) is 201 cm³/mol. The fraction of sp³-hybridized carbons (Fsp3) is 0.581. The van der Waals surface area contributed by atoms with Crippen LogP contribution in [0.5, 0.6) is 0 Å². The van der Waals surface area contributed by atoms with Gasteiger partial charge in [0, 0.05) is 30.1 Å².